The zero-order valence-electron chi connectivity index (χ0n) is 9.49. The molecule has 2 heterocycles. The largest absolute Gasteiger partial charge is 0.480 e. The number of aliphatic hydroxyl groups excluding tert-OH is 1. The lowest BCUT2D eigenvalue weighted by Gasteiger charge is -2.23. The Morgan fingerprint density at radius 2 is 2.47 bits per heavy atom. The van der Waals surface area contributed by atoms with E-state index in [9.17, 15) is 9.90 Å². The Labute approximate surface area is 99.7 Å². The molecule has 5 nitrogen and oxygen atoms in total. The van der Waals surface area contributed by atoms with Crippen LogP contribution in [0.25, 0.3) is 0 Å². The molecule has 0 saturated carbocycles. The average molecular weight is 236 g/mol. The number of β-amino-alcohol motifs (C(OH)–C–C–N with tert-alkyl or cyclic N) is 1. The first kappa shape index (κ1) is 12.0. The summed E-state index contributed by atoms with van der Waals surface area (Å²) in [5.41, 5.74) is 0.725. The minimum Gasteiger partial charge on any atom is -0.480 e. The van der Waals surface area contributed by atoms with Gasteiger partial charge < -0.3 is 10.2 Å². The molecule has 2 rings (SSSR count). The summed E-state index contributed by atoms with van der Waals surface area (Å²) >= 11 is 0. The van der Waals surface area contributed by atoms with Crippen LogP contribution in [-0.4, -0.2) is 45.2 Å². The maximum Gasteiger partial charge on any atom is 0.320 e. The van der Waals surface area contributed by atoms with Crippen LogP contribution >= 0.6 is 0 Å². The average Bonchev–Trinajstić information content (AvgIpc) is 2.78. The lowest BCUT2D eigenvalue weighted by atomic mass is 10.1. The molecule has 1 fully saturated rings. The molecule has 17 heavy (non-hydrogen) atoms. The van der Waals surface area contributed by atoms with Crippen molar-refractivity contribution in [2.45, 2.75) is 25.0 Å². The van der Waals surface area contributed by atoms with E-state index in [2.05, 4.69) is 4.98 Å². The second kappa shape index (κ2) is 5.25. The molecule has 0 amide bonds. The molecule has 2 N–H and O–H groups in total. The number of aromatic nitrogens is 1. The second-order valence-electron chi connectivity index (χ2n) is 4.29. The molecule has 92 valence electrons. The van der Waals surface area contributed by atoms with E-state index in [1.165, 1.54) is 0 Å². The summed E-state index contributed by atoms with van der Waals surface area (Å²) in [7, 11) is 0. The maximum absolute atomic E-state index is 11.0. The Morgan fingerprint density at radius 3 is 3.12 bits per heavy atom. The van der Waals surface area contributed by atoms with Gasteiger partial charge in [-0.15, -0.1) is 0 Å². The van der Waals surface area contributed by atoms with E-state index in [4.69, 9.17) is 5.11 Å². The number of aliphatic carboxylic acids is 1. The van der Waals surface area contributed by atoms with Crippen LogP contribution in [0.4, 0.5) is 0 Å². The minimum atomic E-state index is -0.805. The van der Waals surface area contributed by atoms with Crippen molar-refractivity contribution in [1.82, 2.24) is 9.88 Å². The molecule has 0 spiro atoms. The van der Waals surface area contributed by atoms with Crippen LogP contribution in [-0.2, 0) is 4.79 Å². The van der Waals surface area contributed by atoms with Crippen molar-refractivity contribution in [3.63, 3.8) is 0 Å². The first-order chi connectivity index (χ1) is 8.18. The fourth-order valence-electron chi connectivity index (χ4n) is 2.22. The number of likely N-dealkylation sites (tertiary alicyclic amines) is 1. The van der Waals surface area contributed by atoms with E-state index in [1.54, 1.807) is 24.5 Å². The number of carboxylic acids is 1. The van der Waals surface area contributed by atoms with Gasteiger partial charge in [-0.05, 0) is 25.5 Å². The Hall–Kier alpha value is -1.46. The van der Waals surface area contributed by atoms with Gasteiger partial charge in [0.25, 0.3) is 0 Å². The molecule has 5 heteroatoms. The highest BCUT2D eigenvalue weighted by Gasteiger charge is 2.31. The molecule has 0 aliphatic carbocycles. The number of nitrogens with zero attached hydrogens (tertiary/aromatic N) is 2. The number of carboxylic acid groups (broad SMARTS) is 1. The van der Waals surface area contributed by atoms with Gasteiger partial charge in [-0.1, -0.05) is 6.07 Å². The zero-order chi connectivity index (χ0) is 12.3. The van der Waals surface area contributed by atoms with Gasteiger partial charge in [-0.2, -0.15) is 0 Å². The quantitative estimate of drug-likeness (QED) is 0.803. The van der Waals surface area contributed by atoms with Crippen LogP contribution in [0.15, 0.2) is 24.5 Å². The predicted octanol–water partition coefficient (Wildman–Crippen LogP) is 0.664. The summed E-state index contributed by atoms with van der Waals surface area (Å²) in [5, 5.41) is 19.0. The van der Waals surface area contributed by atoms with Crippen LogP contribution in [0.1, 0.15) is 24.5 Å². The molecule has 0 radical (unpaired) electrons. The predicted molar refractivity (Wildman–Crippen MR) is 61.4 cm³/mol. The fraction of sp³-hybridized carbons (Fsp3) is 0.500. The van der Waals surface area contributed by atoms with Crippen LogP contribution in [0, 0.1) is 0 Å². The molecule has 1 aromatic rings. The minimum absolute atomic E-state index is 0.350. The van der Waals surface area contributed by atoms with Gasteiger partial charge in [0, 0.05) is 24.5 Å². The normalized spacial score (nSPS) is 22.5. The summed E-state index contributed by atoms with van der Waals surface area (Å²) in [6.07, 6.45) is 4.11. The standard InChI is InChI=1S/C12H16N2O3/c15-11(9-3-1-5-13-7-9)8-14-6-2-4-10(14)12(16)17/h1,3,5,7,10-11,15H,2,4,6,8H2,(H,16,17). The third-order valence-corrected chi connectivity index (χ3v) is 3.13. The maximum atomic E-state index is 11.0. The molecule has 2 unspecified atom stereocenters. The number of aliphatic hydroxyl groups is 1. The topological polar surface area (TPSA) is 73.7 Å². The third-order valence-electron chi connectivity index (χ3n) is 3.13. The third kappa shape index (κ3) is 2.81. The van der Waals surface area contributed by atoms with E-state index in [-0.39, 0.29) is 0 Å². The molecule has 1 saturated heterocycles. The van der Waals surface area contributed by atoms with Crippen molar-refractivity contribution in [3.8, 4) is 0 Å². The Kier molecular flexibility index (Phi) is 3.71. The summed E-state index contributed by atoms with van der Waals surface area (Å²) in [4.78, 5) is 16.8. The number of carbonyl (C=O) groups is 1. The van der Waals surface area contributed by atoms with Gasteiger partial charge in [-0.3, -0.25) is 14.7 Å². The summed E-state index contributed by atoms with van der Waals surface area (Å²) < 4.78 is 0. The van der Waals surface area contributed by atoms with Crippen molar-refractivity contribution in [1.29, 1.82) is 0 Å². The monoisotopic (exact) mass is 236 g/mol. The molecule has 0 aromatic carbocycles. The highest BCUT2D eigenvalue weighted by molar-refractivity contribution is 5.73. The van der Waals surface area contributed by atoms with E-state index < -0.39 is 18.1 Å². The van der Waals surface area contributed by atoms with Crippen molar-refractivity contribution in [2.24, 2.45) is 0 Å². The number of pyridine rings is 1. The van der Waals surface area contributed by atoms with Crippen LogP contribution < -0.4 is 0 Å². The molecule has 0 bridgehead atoms. The first-order valence-corrected chi connectivity index (χ1v) is 5.73. The van der Waals surface area contributed by atoms with E-state index >= 15 is 0 Å². The van der Waals surface area contributed by atoms with Crippen molar-refractivity contribution in [3.05, 3.63) is 30.1 Å². The van der Waals surface area contributed by atoms with Gasteiger partial charge in [-0.25, -0.2) is 0 Å². The van der Waals surface area contributed by atoms with Gasteiger partial charge in [0.2, 0.25) is 0 Å². The van der Waals surface area contributed by atoms with Gasteiger partial charge >= 0.3 is 5.97 Å². The van der Waals surface area contributed by atoms with Crippen molar-refractivity contribution >= 4 is 5.97 Å². The Balaban J connectivity index is 1.99. The van der Waals surface area contributed by atoms with Crippen molar-refractivity contribution in [2.75, 3.05) is 13.1 Å². The summed E-state index contributed by atoms with van der Waals surface area (Å²) in [5.74, 6) is -0.805. The molecule has 1 aliphatic rings. The molecule has 2 atom stereocenters. The van der Waals surface area contributed by atoms with Gasteiger partial charge in [0.05, 0.1) is 6.10 Å². The lowest BCUT2D eigenvalue weighted by molar-refractivity contribution is -0.142. The second-order valence-corrected chi connectivity index (χ2v) is 4.29. The smallest absolute Gasteiger partial charge is 0.320 e. The van der Waals surface area contributed by atoms with E-state index in [1.807, 2.05) is 4.90 Å². The molecular formula is C12H16N2O3. The van der Waals surface area contributed by atoms with Crippen LogP contribution in [0.2, 0.25) is 0 Å². The van der Waals surface area contributed by atoms with E-state index in [0.29, 0.717) is 13.0 Å². The number of hydrogen-bond acceptors (Lipinski definition) is 4. The fourth-order valence-corrected chi connectivity index (χ4v) is 2.22. The molecule has 1 aromatic heterocycles. The highest BCUT2D eigenvalue weighted by atomic mass is 16.4. The van der Waals surface area contributed by atoms with Gasteiger partial charge in [0.15, 0.2) is 0 Å². The molecule has 1 aliphatic heterocycles. The van der Waals surface area contributed by atoms with Gasteiger partial charge in [0.1, 0.15) is 6.04 Å². The Morgan fingerprint density at radius 1 is 1.65 bits per heavy atom. The highest BCUT2D eigenvalue weighted by Crippen LogP contribution is 2.21. The first-order valence-electron chi connectivity index (χ1n) is 5.73. The number of rotatable bonds is 4. The van der Waals surface area contributed by atoms with Crippen molar-refractivity contribution < 1.29 is 15.0 Å². The van der Waals surface area contributed by atoms with Crippen LogP contribution in [0.3, 0.4) is 0 Å². The SMILES string of the molecule is O=C(O)C1CCCN1CC(O)c1cccnc1. The summed E-state index contributed by atoms with van der Waals surface area (Å²) in [6, 6.07) is 3.10. The lowest BCUT2D eigenvalue weighted by Crippen LogP contribution is -2.38. The number of hydrogen-bond donors (Lipinski definition) is 2. The van der Waals surface area contributed by atoms with E-state index in [0.717, 1.165) is 18.5 Å². The summed E-state index contributed by atoms with van der Waals surface area (Å²) in [6.45, 7) is 1.08. The van der Waals surface area contributed by atoms with Crippen LogP contribution in [0.5, 0.6) is 0 Å². The molecular weight excluding hydrogens is 220 g/mol. The zero-order valence-corrected chi connectivity index (χ0v) is 9.49. The Bertz CT molecular complexity index is 383.